The van der Waals surface area contributed by atoms with Gasteiger partial charge >= 0.3 is 0 Å². The van der Waals surface area contributed by atoms with Crippen LogP contribution in [0.1, 0.15) is 116 Å². The van der Waals surface area contributed by atoms with Crippen LogP contribution in [0.15, 0.2) is 107 Å². The third-order valence-corrected chi connectivity index (χ3v) is 14.4. The molecule has 4 aromatic carbocycles. The fourth-order valence-corrected chi connectivity index (χ4v) is 10.7. The van der Waals surface area contributed by atoms with Crippen LogP contribution < -0.4 is 26.4 Å². The van der Waals surface area contributed by atoms with Gasteiger partial charge in [0, 0.05) is 28.1 Å². The number of para-hydroxylation sites is 1. The Morgan fingerprint density at radius 1 is 0.847 bits per heavy atom. The van der Waals surface area contributed by atoms with Crippen LogP contribution in [0, 0.1) is 41.8 Å². The van der Waals surface area contributed by atoms with Crippen molar-refractivity contribution in [1.29, 1.82) is 0 Å². The standard InChI is InChI=1S/C54H56BFN2O/c1-32(2)35-20-23-48-38(28-35)50-51(59-48)55-41-30-39-40(54(9,10)25-24-53(39,7)8)31-45(41)57(43-22-21-36(52(4,5)6)29-37(43)34-16-12-11-13-17-34)46-26-33(3)27-47(49(46)55)58(50)44-19-15-14-18-42(44)56/h11-12,14-15,18-20,22-23,26-32,34,36H,16,21,24-25H2,1-10H3. The van der Waals surface area contributed by atoms with Crippen LogP contribution in [0.5, 0.6) is 0 Å². The third kappa shape index (κ3) is 5.83. The first-order chi connectivity index (χ1) is 28.0. The van der Waals surface area contributed by atoms with Gasteiger partial charge in [-0.05, 0) is 148 Å². The van der Waals surface area contributed by atoms with Crippen molar-refractivity contribution < 1.29 is 8.81 Å². The van der Waals surface area contributed by atoms with Gasteiger partial charge < -0.3 is 14.2 Å². The molecular weight excluding hydrogens is 722 g/mol. The zero-order chi connectivity index (χ0) is 41.3. The topological polar surface area (TPSA) is 19.6 Å². The molecule has 0 bridgehead atoms. The summed E-state index contributed by atoms with van der Waals surface area (Å²) in [6.07, 6.45) is 13.4. The normalized spacial score (nSPS) is 21.0. The lowest BCUT2D eigenvalue weighted by atomic mass is 9.35. The number of furan rings is 1. The molecule has 2 aliphatic heterocycles. The summed E-state index contributed by atoms with van der Waals surface area (Å²) in [5, 5.41) is 1.02. The van der Waals surface area contributed by atoms with E-state index in [9.17, 15) is 0 Å². The Bertz CT molecular complexity index is 2760. The molecule has 0 saturated heterocycles. The lowest BCUT2D eigenvalue weighted by Gasteiger charge is -2.48. The Hall–Kier alpha value is -5.21. The summed E-state index contributed by atoms with van der Waals surface area (Å²) < 4.78 is 23.7. The number of aryl methyl sites for hydroxylation is 1. The maximum Gasteiger partial charge on any atom is 0.297 e. The quantitative estimate of drug-likeness (QED) is 0.131. The maximum absolute atomic E-state index is 16.5. The number of hydrogen-bond donors (Lipinski definition) is 0. The van der Waals surface area contributed by atoms with Crippen LogP contribution >= 0.6 is 0 Å². The molecule has 5 heteroatoms. The van der Waals surface area contributed by atoms with E-state index in [1.165, 1.54) is 39.1 Å². The molecule has 0 radical (unpaired) electrons. The fraction of sp³-hybridized carbons (Fsp3) is 0.370. The second-order valence-electron chi connectivity index (χ2n) is 20.6. The van der Waals surface area contributed by atoms with Crippen LogP contribution in [0.25, 0.3) is 11.0 Å². The van der Waals surface area contributed by atoms with Gasteiger partial charge in [0.05, 0.1) is 23.0 Å². The average Bonchev–Trinajstić information content (AvgIpc) is 3.58. The lowest BCUT2D eigenvalue weighted by Crippen LogP contribution is -2.62. The molecule has 0 N–H and O–H groups in total. The number of nitrogens with zero attached hydrogens (tertiary/aromatic N) is 2. The first kappa shape index (κ1) is 38.0. The highest BCUT2D eigenvalue weighted by Crippen LogP contribution is 2.52. The number of anilines is 5. The van der Waals surface area contributed by atoms with Crippen molar-refractivity contribution in [3.63, 3.8) is 0 Å². The number of fused-ring (bicyclic) bond motifs is 7. The number of benzene rings is 4. The summed E-state index contributed by atoms with van der Waals surface area (Å²) in [6.45, 7) is 23.2. The van der Waals surface area contributed by atoms with E-state index >= 15 is 4.39 Å². The van der Waals surface area contributed by atoms with Gasteiger partial charge in [0.25, 0.3) is 6.71 Å². The Labute approximate surface area is 351 Å². The molecule has 3 heterocycles. The summed E-state index contributed by atoms with van der Waals surface area (Å²) in [7, 11) is 0. The SMILES string of the molecule is Cc1cc2c3c(c1)N(c1ccccc1F)c1c(oc4ccc(C(C)C)cc14)B3c1cc3c(cc1N2C1=CCC(C(C)(C)C)C=C1C1C#CC=CC1)C(C)(C)CCC3(C)C. The van der Waals surface area contributed by atoms with Gasteiger partial charge in [0.15, 0.2) is 0 Å². The first-order valence-electron chi connectivity index (χ1n) is 21.9. The zero-order valence-corrected chi connectivity index (χ0v) is 36.5. The highest BCUT2D eigenvalue weighted by Gasteiger charge is 2.50. The van der Waals surface area contributed by atoms with Crippen LogP contribution in [0.4, 0.5) is 32.8 Å². The van der Waals surface area contributed by atoms with Crippen LogP contribution in [-0.2, 0) is 10.8 Å². The summed E-state index contributed by atoms with van der Waals surface area (Å²) in [6, 6.07) is 23.6. The first-order valence-corrected chi connectivity index (χ1v) is 21.9. The van der Waals surface area contributed by atoms with Gasteiger partial charge in [-0.15, -0.1) is 0 Å². The predicted molar refractivity (Wildman–Crippen MR) is 247 cm³/mol. The smallest absolute Gasteiger partial charge is 0.297 e. The zero-order valence-electron chi connectivity index (χ0n) is 36.5. The van der Waals surface area contributed by atoms with Gasteiger partial charge in [-0.1, -0.05) is 117 Å². The highest BCUT2D eigenvalue weighted by molar-refractivity contribution is 7.00. The number of allylic oxidation sites excluding steroid dienone is 5. The Morgan fingerprint density at radius 2 is 1.56 bits per heavy atom. The summed E-state index contributed by atoms with van der Waals surface area (Å²) in [4.78, 5) is 4.76. The molecule has 0 spiro atoms. The maximum atomic E-state index is 16.5. The monoisotopic (exact) mass is 778 g/mol. The summed E-state index contributed by atoms with van der Waals surface area (Å²) in [5.41, 5.74) is 16.7. The van der Waals surface area contributed by atoms with Crippen molar-refractivity contribution in [1.82, 2.24) is 0 Å². The molecule has 2 unspecified atom stereocenters. The summed E-state index contributed by atoms with van der Waals surface area (Å²) >= 11 is 0. The molecule has 0 fully saturated rings. The van der Waals surface area contributed by atoms with E-state index in [1.807, 2.05) is 18.2 Å². The van der Waals surface area contributed by atoms with Crippen molar-refractivity contribution in [2.75, 3.05) is 9.80 Å². The van der Waals surface area contributed by atoms with Gasteiger partial charge in [-0.2, -0.15) is 0 Å². The van der Waals surface area contributed by atoms with Gasteiger partial charge in [-0.25, -0.2) is 4.39 Å². The molecule has 2 atom stereocenters. The second kappa shape index (κ2) is 13.1. The van der Waals surface area contributed by atoms with Crippen LogP contribution in [0.3, 0.4) is 0 Å². The van der Waals surface area contributed by atoms with E-state index in [2.05, 4.69) is 152 Å². The highest BCUT2D eigenvalue weighted by atomic mass is 19.1. The Morgan fingerprint density at radius 3 is 2.24 bits per heavy atom. The van der Waals surface area contributed by atoms with Crippen molar-refractivity contribution in [3.05, 3.63) is 130 Å². The molecule has 5 aromatic rings. The lowest BCUT2D eigenvalue weighted by molar-refractivity contribution is 0.290. The van der Waals surface area contributed by atoms with E-state index in [0.717, 1.165) is 70.4 Å². The van der Waals surface area contributed by atoms with E-state index in [4.69, 9.17) is 4.42 Å². The second-order valence-corrected chi connectivity index (χ2v) is 20.6. The molecule has 59 heavy (non-hydrogen) atoms. The average molecular weight is 779 g/mol. The minimum atomic E-state index is -0.259. The van der Waals surface area contributed by atoms with Crippen molar-refractivity contribution >= 4 is 62.7 Å². The minimum absolute atomic E-state index is 0.00302. The largest absolute Gasteiger partial charge is 0.468 e. The molecule has 298 valence electrons. The molecule has 0 amide bonds. The molecule has 10 rings (SSSR count). The molecule has 3 nitrogen and oxygen atoms in total. The van der Waals surface area contributed by atoms with E-state index in [1.54, 1.807) is 12.1 Å². The third-order valence-electron chi connectivity index (χ3n) is 14.4. The molecule has 0 saturated carbocycles. The van der Waals surface area contributed by atoms with Crippen molar-refractivity contribution in [2.24, 2.45) is 17.3 Å². The molecule has 3 aliphatic carbocycles. The van der Waals surface area contributed by atoms with Gasteiger partial charge in [0.1, 0.15) is 11.4 Å². The van der Waals surface area contributed by atoms with Gasteiger partial charge in [-0.3, -0.25) is 0 Å². The fourth-order valence-electron chi connectivity index (χ4n) is 10.7. The molecule has 1 aromatic heterocycles. The number of halogens is 1. The number of rotatable bonds is 4. The Balaban J connectivity index is 1.33. The van der Waals surface area contributed by atoms with E-state index in [-0.39, 0.29) is 34.7 Å². The Kier molecular flexibility index (Phi) is 8.47. The van der Waals surface area contributed by atoms with Crippen molar-refractivity contribution in [2.45, 2.75) is 112 Å². The van der Waals surface area contributed by atoms with Crippen LogP contribution in [-0.4, -0.2) is 6.71 Å². The van der Waals surface area contributed by atoms with E-state index < -0.39 is 0 Å². The number of hydrogen-bond acceptors (Lipinski definition) is 3. The minimum Gasteiger partial charge on any atom is -0.468 e. The molecular formula is C54H56BFN2O. The predicted octanol–water partition coefficient (Wildman–Crippen LogP) is 12.6. The van der Waals surface area contributed by atoms with Crippen LogP contribution in [0.2, 0.25) is 0 Å². The van der Waals surface area contributed by atoms with E-state index in [0.29, 0.717) is 17.5 Å². The molecule has 5 aliphatic rings. The van der Waals surface area contributed by atoms with Crippen molar-refractivity contribution in [3.8, 4) is 11.8 Å². The summed E-state index contributed by atoms with van der Waals surface area (Å²) in [5.74, 6) is 7.51. The van der Waals surface area contributed by atoms with Gasteiger partial charge in [0.2, 0.25) is 0 Å².